The third-order valence-corrected chi connectivity index (χ3v) is 2.72. The van der Waals surface area contributed by atoms with Crippen molar-refractivity contribution >= 4 is 23.5 Å². The molecule has 6 heteroatoms. The summed E-state index contributed by atoms with van der Waals surface area (Å²) in [7, 11) is 0. The van der Waals surface area contributed by atoms with Crippen LogP contribution in [-0.2, 0) is 14.3 Å². The first-order valence-corrected chi connectivity index (χ1v) is 7.05. The number of benzene rings is 1. The molecule has 1 aromatic carbocycles. The van der Waals surface area contributed by atoms with E-state index in [1.165, 1.54) is 30.3 Å². The highest BCUT2D eigenvalue weighted by Crippen LogP contribution is 2.10. The Morgan fingerprint density at radius 2 is 1.86 bits per heavy atom. The van der Waals surface area contributed by atoms with Gasteiger partial charge in [-0.1, -0.05) is 19.4 Å². The van der Waals surface area contributed by atoms with Gasteiger partial charge in [0.15, 0.2) is 0 Å². The van der Waals surface area contributed by atoms with E-state index in [-0.39, 0.29) is 6.54 Å². The highest BCUT2D eigenvalue weighted by Gasteiger charge is 2.13. The number of ether oxygens (including phenoxy) is 1. The Morgan fingerprint density at radius 1 is 1.18 bits per heavy atom. The molecule has 0 saturated heterocycles. The lowest BCUT2D eigenvalue weighted by atomic mass is 10.2. The Balaban J connectivity index is 2.54. The molecule has 0 saturated carbocycles. The van der Waals surface area contributed by atoms with Crippen molar-refractivity contribution in [2.45, 2.75) is 19.8 Å². The summed E-state index contributed by atoms with van der Waals surface area (Å²) in [6.07, 6.45) is 3.25. The van der Waals surface area contributed by atoms with E-state index in [9.17, 15) is 14.4 Å². The van der Waals surface area contributed by atoms with E-state index < -0.39 is 17.8 Å². The normalized spacial score (nSPS) is 9.68. The Kier molecular flexibility index (Phi) is 7.39. The lowest BCUT2D eigenvalue weighted by molar-refractivity contribution is -0.136. The van der Waals surface area contributed by atoms with Crippen LogP contribution in [0.1, 0.15) is 30.1 Å². The van der Waals surface area contributed by atoms with Crippen molar-refractivity contribution in [3.63, 3.8) is 0 Å². The molecule has 0 fully saturated rings. The maximum absolute atomic E-state index is 11.7. The van der Waals surface area contributed by atoms with E-state index in [1.807, 2.05) is 6.92 Å². The zero-order chi connectivity index (χ0) is 16.4. The Labute approximate surface area is 129 Å². The Hall–Kier alpha value is -2.63. The molecular formula is C16H20N2O4. The molecule has 0 spiro atoms. The summed E-state index contributed by atoms with van der Waals surface area (Å²) < 4.78 is 5.07. The van der Waals surface area contributed by atoms with Crippen molar-refractivity contribution < 1.29 is 19.1 Å². The van der Waals surface area contributed by atoms with Gasteiger partial charge in [0.25, 0.3) is 0 Å². The number of rotatable bonds is 7. The maximum Gasteiger partial charge on any atom is 0.338 e. The van der Waals surface area contributed by atoms with E-state index in [2.05, 4.69) is 17.2 Å². The largest absolute Gasteiger partial charge is 0.462 e. The maximum atomic E-state index is 11.7. The van der Waals surface area contributed by atoms with Crippen LogP contribution in [-0.4, -0.2) is 30.9 Å². The quantitative estimate of drug-likeness (QED) is 0.349. The van der Waals surface area contributed by atoms with Crippen LogP contribution in [0.15, 0.2) is 36.9 Å². The van der Waals surface area contributed by atoms with E-state index in [0.29, 0.717) is 17.9 Å². The van der Waals surface area contributed by atoms with Gasteiger partial charge in [-0.25, -0.2) is 4.79 Å². The van der Waals surface area contributed by atoms with Gasteiger partial charge < -0.3 is 15.4 Å². The molecule has 2 amide bonds. The number of amides is 2. The summed E-state index contributed by atoms with van der Waals surface area (Å²) in [5, 5.41) is 4.80. The first kappa shape index (κ1) is 17.4. The molecular weight excluding hydrogens is 284 g/mol. The molecule has 0 aromatic heterocycles. The van der Waals surface area contributed by atoms with E-state index in [0.717, 1.165) is 12.8 Å². The number of anilines is 1. The van der Waals surface area contributed by atoms with Gasteiger partial charge in [-0.05, 0) is 30.7 Å². The van der Waals surface area contributed by atoms with Crippen LogP contribution in [0.25, 0.3) is 0 Å². The highest BCUT2D eigenvalue weighted by atomic mass is 16.5. The fourth-order valence-electron chi connectivity index (χ4n) is 1.52. The number of unbranched alkanes of at least 4 members (excludes halogenated alkanes) is 1. The third kappa shape index (κ3) is 5.78. The summed E-state index contributed by atoms with van der Waals surface area (Å²) >= 11 is 0. The number of nitrogens with one attached hydrogen (secondary N) is 2. The molecule has 22 heavy (non-hydrogen) atoms. The van der Waals surface area contributed by atoms with Crippen LogP contribution < -0.4 is 10.6 Å². The Morgan fingerprint density at radius 3 is 2.45 bits per heavy atom. The molecule has 1 rings (SSSR count). The average Bonchev–Trinajstić information content (AvgIpc) is 2.53. The lowest BCUT2D eigenvalue weighted by Crippen LogP contribution is -2.35. The second kappa shape index (κ2) is 9.33. The predicted octanol–water partition coefficient (Wildman–Crippen LogP) is 1.88. The SMILES string of the molecule is C=CCNC(=O)C(=O)Nc1ccc(C(=O)OCCCC)cc1. The molecule has 0 unspecified atom stereocenters. The van der Waals surface area contributed by atoms with Gasteiger partial charge in [0, 0.05) is 12.2 Å². The van der Waals surface area contributed by atoms with Gasteiger partial charge in [-0.3, -0.25) is 9.59 Å². The van der Waals surface area contributed by atoms with Gasteiger partial charge >= 0.3 is 17.8 Å². The smallest absolute Gasteiger partial charge is 0.338 e. The molecule has 0 aliphatic carbocycles. The van der Waals surface area contributed by atoms with Crippen LogP contribution in [0.4, 0.5) is 5.69 Å². The number of carbonyl (C=O) groups excluding carboxylic acids is 3. The predicted molar refractivity (Wildman–Crippen MR) is 83.5 cm³/mol. The first-order chi connectivity index (χ1) is 10.6. The van der Waals surface area contributed by atoms with Crippen molar-refractivity contribution in [3.05, 3.63) is 42.5 Å². The van der Waals surface area contributed by atoms with Crippen LogP contribution in [0.3, 0.4) is 0 Å². The fraction of sp³-hybridized carbons (Fsp3) is 0.312. The minimum Gasteiger partial charge on any atom is -0.462 e. The highest BCUT2D eigenvalue weighted by molar-refractivity contribution is 6.39. The Bertz CT molecular complexity index is 538. The molecule has 118 valence electrons. The molecule has 6 nitrogen and oxygen atoms in total. The van der Waals surface area contributed by atoms with E-state index >= 15 is 0 Å². The van der Waals surface area contributed by atoms with Crippen molar-refractivity contribution in [1.82, 2.24) is 5.32 Å². The van der Waals surface area contributed by atoms with Crippen molar-refractivity contribution in [2.24, 2.45) is 0 Å². The molecule has 1 aromatic rings. The fourth-order valence-corrected chi connectivity index (χ4v) is 1.52. The lowest BCUT2D eigenvalue weighted by Gasteiger charge is -2.07. The van der Waals surface area contributed by atoms with Crippen LogP contribution in [0, 0.1) is 0 Å². The molecule has 0 heterocycles. The standard InChI is InChI=1S/C16H20N2O4/c1-3-5-11-22-16(21)12-6-8-13(9-7-12)18-15(20)14(19)17-10-4-2/h4,6-9H,2-3,5,10-11H2,1H3,(H,17,19)(H,18,20). The van der Waals surface area contributed by atoms with Crippen molar-refractivity contribution in [2.75, 3.05) is 18.5 Å². The second-order valence-electron chi connectivity index (χ2n) is 4.52. The number of hydrogen-bond acceptors (Lipinski definition) is 4. The van der Waals surface area contributed by atoms with Gasteiger partial charge in [0.05, 0.1) is 12.2 Å². The summed E-state index contributed by atoms with van der Waals surface area (Å²) in [4.78, 5) is 34.6. The second-order valence-corrected chi connectivity index (χ2v) is 4.52. The minimum absolute atomic E-state index is 0.217. The summed E-state index contributed by atoms with van der Waals surface area (Å²) in [6.45, 7) is 6.05. The zero-order valence-electron chi connectivity index (χ0n) is 12.6. The van der Waals surface area contributed by atoms with Gasteiger partial charge in [0.1, 0.15) is 0 Å². The molecule has 0 radical (unpaired) electrons. The van der Waals surface area contributed by atoms with Crippen molar-refractivity contribution in [1.29, 1.82) is 0 Å². The number of hydrogen-bond donors (Lipinski definition) is 2. The van der Waals surface area contributed by atoms with Crippen LogP contribution >= 0.6 is 0 Å². The first-order valence-electron chi connectivity index (χ1n) is 7.05. The zero-order valence-corrected chi connectivity index (χ0v) is 12.6. The molecule has 0 bridgehead atoms. The van der Waals surface area contributed by atoms with Gasteiger partial charge in [-0.2, -0.15) is 0 Å². The summed E-state index contributed by atoms with van der Waals surface area (Å²) in [6, 6.07) is 6.14. The monoisotopic (exact) mass is 304 g/mol. The number of carbonyl (C=O) groups is 3. The molecule has 0 aliphatic rings. The third-order valence-electron chi connectivity index (χ3n) is 2.72. The topological polar surface area (TPSA) is 84.5 Å². The molecule has 2 N–H and O–H groups in total. The van der Waals surface area contributed by atoms with E-state index in [4.69, 9.17) is 4.74 Å². The van der Waals surface area contributed by atoms with Crippen molar-refractivity contribution in [3.8, 4) is 0 Å². The van der Waals surface area contributed by atoms with Crippen LogP contribution in [0.5, 0.6) is 0 Å². The summed E-state index contributed by atoms with van der Waals surface area (Å²) in [5.74, 6) is -1.93. The minimum atomic E-state index is -0.778. The molecule has 0 aliphatic heterocycles. The number of esters is 1. The van der Waals surface area contributed by atoms with Gasteiger partial charge in [0.2, 0.25) is 0 Å². The average molecular weight is 304 g/mol. The van der Waals surface area contributed by atoms with Gasteiger partial charge in [-0.15, -0.1) is 6.58 Å². The summed E-state index contributed by atoms with van der Waals surface area (Å²) in [5.41, 5.74) is 0.814. The van der Waals surface area contributed by atoms with E-state index in [1.54, 1.807) is 0 Å². The van der Waals surface area contributed by atoms with Crippen LogP contribution in [0.2, 0.25) is 0 Å². The molecule has 0 atom stereocenters.